The van der Waals surface area contributed by atoms with Crippen LogP contribution in [-0.2, 0) is 4.79 Å². The zero-order chi connectivity index (χ0) is 19.7. The molecule has 28 heavy (non-hydrogen) atoms. The first-order valence-electron chi connectivity index (χ1n) is 9.44. The first-order chi connectivity index (χ1) is 13.6. The highest BCUT2D eigenvalue weighted by molar-refractivity contribution is 7.99. The van der Waals surface area contributed by atoms with Crippen LogP contribution >= 0.6 is 11.8 Å². The summed E-state index contributed by atoms with van der Waals surface area (Å²) in [5.41, 5.74) is 1.73. The van der Waals surface area contributed by atoms with Gasteiger partial charge in [0.05, 0.1) is 13.2 Å². The van der Waals surface area contributed by atoms with Crippen molar-refractivity contribution < 1.29 is 9.53 Å². The molecule has 0 spiro atoms. The highest BCUT2D eigenvalue weighted by Crippen LogP contribution is 2.32. The fourth-order valence-corrected chi connectivity index (χ4v) is 4.82. The SMILES string of the molecule is COc1ccc(N2CCN(C(=O)CC3CSc4ncc(C)c(=O)n43)CC2)cc1. The number of rotatable bonds is 4. The summed E-state index contributed by atoms with van der Waals surface area (Å²) in [5, 5.41) is 0.720. The van der Waals surface area contributed by atoms with Crippen molar-refractivity contribution in [3.63, 3.8) is 0 Å². The molecule has 1 aromatic carbocycles. The number of anilines is 1. The largest absolute Gasteiger partial charge is 0.497 e. The van der Waals surface area contributed by atoms with Crippen LogP contribution in [0, 0.1) is 6.92 Å². The Bertz CT molecular complexity index is 920. The van der Waals surface area contributed by atoms with Crippen molar-refractivity contribution >= 4 is 23.4 Å². The summed E-state index contributed by atoms with van der Waals surface area (Å²) in [6.07, 6.45) is 1.97. The zero-order valence-electron chi connectivity index (χ0n) is 16.1. The van der Waals surface area contributed by atoms with Crippen LogP contribution in [0.4, 0.5) is 5.69 Å². The molecule has 1 atom stereocenters. The fourth-order valence-electron chi connectivity index (χ4n) is 3.71. The summed E-state index contributed by atoms with van der Waals surface area (Å²) >= 11 is 1.55. The van der Waals surface area contributed by atoms with E-state index in [1.54, 1.807) is 36.6 Å². The molecule has 1 amide bonds. The Kier molecular flexibility index (Phi) is 5.30. The van der Waals surface area contributed by atoms with Gasteiger partial charge in [-0.1, -0.05) is 11.8 Å². The van der Waals surface area contributed by atoms with Crippen LogP contribution in [0.2, 0.25) is 0 Å². The number of hydrogen-bond acceptors (Lipinski definition) is 6. The minimum Gasteiger partial charge on any atom is -0.497 e. The fraction of sp³-hybridized carbons (Fsp3) is 0.450. The lowest BCUT2D eigenvalue weighted by molar-refractivity contribution is -0.132. The van der Waals surface area contributed by atoms with Gasteiger partial charge in [0, 0.05) is 55.8 Å². The Balaban J connectivity index is 1.36. The minimum absolute atomic E-state index is 0.0304. The van der Waals surface area contributed by atoms with Gasteiger partial charge in [-0.25, -0.2) is 4.98 Å². The normalized spacial score (nSPS) is 18.9. The van der Waals surface area contributed by atoms with Crippen molar-refractivity contribution in [1.82, 2.24) is 14.5 Å². The number of amides is 1. The number of thioether (sulfide) groups is 1. The molecule has 0 saturated carbocycles. The van der Waals surface area contributed by atoms with Crippen molar-refractivity contribution in [2.24, 2.45) is 0 Å². The lowest BCUT2D eigenvalue weighted by Gasteiger charge is -2.36. The number of nitrogens with zero attached hydrogens (tertiary/aromatic N) is 4. The van der Waals surface area contributed by atoms with Crippen molar-refractivity contribution in [2.45, 2.75) is 24.5 Å². The second-order valence-electron chi connectivity index (χ2n) is 7.13. The van der Waals surface area contributed by atoms with Crippen LogP contribution in [0.5, 0.6) is 5.75 Å². The van der Waals surface area contributed by atoms with Gasteiger partial charge >= 0.3 is 0 Å². The third-order valence-electron chi connectivity index (χ3n) is 5.38. The number of carbonyl (C=O) groups excluding carboxylic acids is 1. The molecule has 1 saturated heterocycles. The molecule has 148 valence electrons. The molecule has 1 unspecified atom stereocenters. The summed E-state index contributed by atoms with van der Waals surface area (Å²) in [5.74, 6) is 1.68. The number of fused-ring (bicyclic) bond motifs is 1. The smallest absolute Gasteiger partial charge is 0.257 e. The average molecular weight is 401 g/mol. The number of benzene rings is 1. The van der Waals surface area contributed by atoms with E-state index in [1.807, 2.05) is 29.2 Å². The van der Waals surface area contributed by atoms with Gasteiger partial charge in [-0.2, -0.15) is 0 Å². The van der Waals surface area contributed by atoms with Crippen LogP contribution in [0.25, 0.3) is 0 Å². The summed E-state index contributed by atoms with van der Waals surface area (Å²) in [6, 6.07) is 7.90. The van der Waals surface area contributed by atoms with E-state index in [9.17, 15) is 9.59 Å². The van der Waals surface area contributed by atoms with Gasteiger partial charge in [0.25, 0.3) is 5.56 Å². The minimum atomic E-state index is -0.105. The van der Waals surface area contributed by atoms with Gasteiger partial charge in [-0.05, 0) is 31.2 Å². The van der Waals surface area contributed by atoms with E-state index < -0.39 is 0 Å². The van der Waals surface area contributed by atoms with Crippen LogP contribution in [-0.4, -0.2) is 59.4 Å². The zero-order valence-corrected chi connectivity index (χ0v) is 16.9. The van der Waals surface area contributed by atoms with Crippen molar-refractivity contribution in [3.05, 3.63) is 46.4 Å². The molecule has 0 aliphatic carbocycles. The molecular formula is C20H24N4O3S. The Morgan fingerprint density at radius 3 is 2.61 bits per heavy atom. The van der Waals surface area contributed by atoms with E-state index in [4.69, 9.17) is 4.74 Å². The molecule has 0 radical (unpaired) electrons. The predicted molar refractivity (Wildman–Crippen MR) is 109 cm³/mol. The third kappa shape index (κ3) is 3.61. The van der Waals surface area contributed by atoms with Gasteiger partial charge in [0.2, 0.25) is 5.91 Å². The van der Waals surface area contributed by atoms with E-state index in [0.29, 0.717) is 25.1 Å². The number of hydrogen-bond donors (Lipinski definition) is 0. The third-order valence-corrected chi connectivity index (χ3v) is 6.49. The number of carbonyl (C=O) groups is 1. The van der Waals surface area contributed by atoms with Crippen LogP contribution in [0.1, 0.15) is 18.0 Å². The molecule has 2 aliphatic heterocycles. The highest BCUT2D eigenvalue weighted by Gasteiger charge is 2.30. The first kappa shape index (κ1) is 18.9. The topological polar surface area (TPSA) is 67.7 Å². The van der Waals surface area contributed by atoms with E-state index >= 15 is 0 Å². The molecule has 2 aromatic rings. The molecule has 1 fully saturated rings. The lowest BCUT2D eigenvalue weighted by Crippen LogP contribution is -2.49. The molecule has 7 nitrogen and oxygen atoms in total. The maximum Gasteiger partial charge on any atom is 0.257 e. The summed E-state index contributed by atoms with van der Waals surface area (Å²) in [4.78, 5) is 33.8. The van der Waals surface area contributed by atoms with Crippen LogP contribution in [0.3, 0.4) is 0 Å². The summed E-state index contributed by atoms with van der Waals surface area (Å²) < 4.78 is 6.91. The summed E-state index contributed by atoms with van der Waals surface area (Å²) in [6.45, 7) is 4.75. The number of ether oxygens (including phenoxy) is 1. The van der Waals surface area contributed by atoms with E-state index in [2.05, 4.69) is 9.88 Å². The van der Waals surface area contributed by atoms with E-state index in [1.165, 1.54) is 0 Å². The molecule has 3 heterocycles. The monoisotopic (exact) mass is 400 g/mol. The van der Waals surface area contributed by atoms with E-state index in [-0.39, 0.29) is 17.5 Å². The Labute approximate surface area is 168 Å². The van der Waals surface area contributed by atoms with E-state index in [0.717, 1.165) is 35.4 Å². The van der Waals surface area contributed by atoms with Gasteiger partial charge < -0.3 is 14.5 Å². The van der Waals surface area contributed by atoms with Crippen molar-refractivity contribution in [1.29, 1.82) is 0 Å². The maximum absolute atomic E-state index is 12.8. The number of aromatic nitrogens is 2. The standard InChI is InChI=1S/C20H24N4O3S/c1-14-12-21-20-24(19(14)26)16(13-28-20)11-18(25)23-9-7-22(8-10-23)15-3-5-17(27-2)6-4-15/h3-6,12,16H,7-11,13H2,1-2H3. The van der Waals surface area contributed by atoms with Crippen LogP contribution in [0.15, 0.2) is 40.4 Å². The number of methoxy groups -OCH3 is 1. The second kappa shape index (κ2) is 7.87. The molecule has 8 heteroatoms. The van der Waals surface area contributed by atoms with Gasteiger partial charge in [-0.15, -0.1) is 0 Å². The number of piperazine rings is 1. The summed E-state index contributed by atoms with van der Waals surface area (Å²) in [7, 11) is 1.66. The van der Waals surface area contributed by atoms with Gasteiger partial charge in [-0.3, -0.25) is 14.2 Å². The molecule has 0 N–H and O–H groups in total. The maximum atomic E-state index is 12.8. The molecular weight excluding hydrogens is 376 g/mol. The van der Waals surface area contributed by atoms with Crippen molar-refractivity contribution in [2.75, 3.05) is 43.9 Å². The molecule has 0 bridgehead atoms. The lowest BCUT2D eigenvalue weighted by atomic mass is 10.1. The van der Waals surface area contributed by atoms with Gasteiger partial charge in [0.15, 0.2) is 5.16 Å². The van der Waals surface area contributed by atoms with Crippen LogP contribution < -0.4 is 15.2 Å². The van der Waals surface area contributed by atoms with Crippen molar-refractivity contribution in [3.8, 4) is 5.75 Å². The average Bonchev–Trinajstić information content (AvgIpc) is 3.14. The molecule has 4 rings (SSSR count). The molecule has 2 aliphatic rings. The highest BCUT2D eigenvalue weighted by atomic mass is 32.2. The quantitative estimate of drug-likeness (QED) is 0.731. The van der Waals surface area contributed by atoms with Gasteiger partial charge in [0.1, 0.15) is 5.75 Å². The predicted octanol–water partition coefficient (Wildman–Crippen LogP) is 1.95. The first-order valence-corrected chi connectivity index (χ1v) is 10.4. The second-order valence-corrected chi connectivity index (χ2v) is 8.12. The Morgan fingerprint density at radius 2 is 1.93 bits per heavy atom. The molecule has 1 aromatic heterocycles. The number of aryl methyl sites for hydroxylation is 1. The Morgan fingerprint density at radius 1 is 1.21 bits per heavy atom. The Hall–Kier alpha value is -2.48.